The summed E-state index contributed by atoms with van der Waals surface area (Å²) in [7, 11) is 1.60. The summed E-state index contributed by atoms with van der Waals surface area (Å²) in [6, 6.07) is 5.89. The number of carbonyl (C=O) groups is 1. The lowest BCUT2D eigenvalue weighted by Crippen LogP contribution is -2.31. The Hall–Kier alpha value is -1.36. The van der Waals surface area contributed by atoms with E-state index >= 15 is 0 Å². The highest BCUT2D eigenvalue weighted by atomic mass is 32.2. The molecule has 2 N–H and O–H groups in total. The predicted molar refractivity (Wildman–Crippen MR) is 74.5 cm³/mol. The number of amides is 2. The first-order chi connectivity index (χ1) is 8.63. The minimum Gasteiger partial charge on any atom is -0.495 e. The van der Waals surface area contributed by atoms with Gasteiger partial charge in [-0.25, -0.2) is 4.79 Å². The largest absolute Gasteiger partial charge is 0.495 e. The Labute approximate surface area is 111 Å². The second-order valence-corrected chi connectivity index (χ2v) is 5.36. The van der Waals surface area contributed by atoms with Gasteiger partial charge in [0.05, 0.1) is 12.8 Å². The molecule has 2 amide bonds. The maximum absolute atomic E-state index is 11.7. The summed E-state index contributed by atoms with van der Waals surface area (Å²) in [4.78, 5) is 12.9. The van der Waals surface area contributed by atoms with E-state index in [0.717, 1.165) is 11.3 Å². The molecule has 0 spiro atoms. The monoisotopic (exact) mass is 266 g/mol. The van der Waals surface area contributed by atoms with Gasteiger partial charge in [-0.3, -0.25) is 0 Å². The number of benzene rings is 1. The highest BCUT2D eigenvalue weighted by Crippen LogP contribution is 2.31. The Kier molecular flexibility index (Phi) is 4.01. The van der Waals surface area contributed by atoms with E-state index in [1.807, 2.05) is 24.5 Å². The number of anilines is 1. The fourth-order valence-corrected chi connectivity index (χ4v) is 2.18. The summed E-state index contributed by atoms with van der Waals surface area (Å²) in [5.41, 5.74) is 0.695. The number of nitrogens with one attached hydrogen (secondary N) is 2. The van der Waals surface area contributed by atoms with Crippen LogP contribution in [0.25, 0.3) is 0 Å². The number of hydrogen-bond donors (Lipinski definition) is 2. The Bertz CT molecular complexity index is 451. The summed E-state index contributed by atoms with van der Waals surface area (Å²) in [6.07, 6.45) is 3.07. The van der Waals surface area contributed by atoms with Gasteiger partial charge < -0.3 is 15.4 Å². The van der Waals surface area contributed by atoms with Gasteiger partial charge in [0.1, 0.15) is 5.75 Å². The van der Waals surface area contributed by atoms with E-state index in [4.69, 9.17) is 4.74 Å². The minimum atomic E-state index is -0.167. The molecule has 2 rings (SSSR count). The van der Waals surface area contributed by atoms with Gasteiger partial charge in [-0.05, 0) is 36.8 Å². The number of carbonyl (C=O) groups excluding carboxylic acids is 1. The summed E-state index contributed by atoms with van der Waals surface area (Å²) < 4.78 is 5.27. The molecule has 1 aliphatic rings. The van der Waals surface area contributed by atoms with Crippen molar-refractivity contribution in [2.45, 2.75) is 24.3 Å². The van der Waals surface area contributed by atoms with Gasteiger partial charge in [0.25, 0.3) is 0 Å². The van der Waals surface area contributed by atoms with Gasteiger partial charge in [0.15, 0.2) is 0 Å². The first kappa shape index (κ1) is 13.1. The lowest BCUT2D eigenvalue weighted by molar-refractivity contribution is 0.251. The highest BCUT2D eigenvalue weighted by Gasteiger charge is 2.33. The molecule has 1 aromatic rings. The maximum Gasteiger partial charge on any atom is 0.319 e. The van der Waals surface area contributed by atoms with Crippen LogP contribution in [0, 0.1) is 5.92 Å². The number of hydrogen-bond acceptors (Lipinski definition) is 3. The summed E-state index contributed by atoms with van der Waals surface area (Å²) in [5, 5.41) is 5.74. The zero-order valence-corrected chi connectivity index (χ0v) is 11.6. The molecule has 1 saturated carbocycles. The second kappa shape index (κ2) is 5.52. The molecule has 0 radical (unpaired) electrons. The van der Waals surface area contributed by atoms with E-state index in [-0.39, 0.29) is 6.03 Å². The standard InChI is InChI=1S/C13H18N2O2S/c1-8-6-11(8)15-13(16)14-10-5-4-9(18-3)7-12(10)17-2/h4-5,7-8,11H,6H2,1-3H3,(H2,14,15,16)/t8-,11-/m0/s1. The van der Waals surface area contributed by atoms with Crippen molar-refractivity contribution < 1.29 is 9.53 Å². The fraction of sp³-hybridized carbons (Fsp3) is 0.462. The van der Waals surface area contributed by atoms with E-state index in [9.17, 15) is 4.79 Å². The minimum absolute atomic E-state index is 0.167. The van der Waals surface area contributed by atoms with E-state index in [0.29, 0.717) is 23.4 Å². The van der Waals surface area contributed by atoms with Crippen molar-refractivity contribution >= 4 is 23.5 Å². The number of ether oxygens (including phenoxy) is 1. The third-order valence-corrected chi connectivity index (χ3v) is 3.81. The number of thioether (sulfide) groups is 1. The van der Waals surface area contributed by atoms with Gasteiger partial charge >= 0.3 is 6.03 Å². The second-order valence-electron chi connectivity index (χ2n) is 4.48. The van der Waals surface area contributed by atoms with Crippen molar-refractivity contribution in [2.24, 2.45) is 5.92 Å². The predicted octanol–water partition coefficient (Wildman–Crippen LogP) is 2.95. The highest BCUT2D eigenvalue weighted by molar-refractivity contribution is 7.98. The SMILES string of the molecule is COc1cc(SC)ccc1NC(=O)N[C@H]1C[C@@H]1C. The fourth-order valence-electron chi connectivity index (χ4n) is 1.75. The molecular weight excluding hydrogens is 248 g/mol. The molecule has 4 nitrogen and oxygen atoms in total. The molecule has 1 aliphatic carbocycles. The van der Waals surface area contributed by atoms with Crippen LogP contribution < -0.4 is 15.4 Å². The maximum atomic E-state index is 11.7. The molecule has 18 heavy (non-hydrogen) atoms. The van der Waals surface area contributed by atoms with Crippen molar-refractivity contribution in [3.05, 3.63) is 18.2 Å². The van der Waals surface area contributed by atoms with Crippen molar-refractivity contribution in [1.29, 1.82) is 0 Å². The van der Waals surface area contributed by atoms with Crippen LogP contribution in [0.15, 0.2) is 23.1 Å². The van der Waals surface area contributed by atoms with Crippen LogP contribution in [0.5, 0.6) is 5.75 Å². The Morgan fingerprint density at radius 2 is 2.22 bits per heavy atom. The summed E-state index contributed by atoms with van der Waals surface area (Å²) in [5.74, 6) is 1.28. The van der Waals surface area contributed by atoms with Gasteiger partial charge in [-0.15, -0.1) is 11.8 Å². The van der Waals surface area contributed by atoms with Gasteiger partial charge in [-0.2, -0.15) is 0 Å². The van der Waals surface area contributed by atoms with Gasteiger partial charge in [0, 0.05) is 10.9 Å². The molecule has 1 aromatic carbocycles. The van der Waals surface area contributed by atoms with Crippen LogP contribution >= 0.6 is 11.8 Å². The molecule has 0 unspecified atom stereocenters. The molecule has 0 aromatic heterocycles. The first-order valence-corrected chi connectivity index (χ1v) is 7.16. The van der Waals surface area contributed by atoms with Gasteiger partial charge in [0.2, 0.25) is 0 Å². The van der Waals surface area contributed by atoms with E-state index < -0.39 is 0 Å². The van der Waals surface area contributed by atoms with Crippen LogP contribution in [0.2, 0.25) is 0 Å². The smallest absolute Gasteiger partial charge is 0.319 e. The number of urea groups is 1. The molecule has 2 atom stereocenters. The zero-order chi connectivity index (χ0) is 13.1. The summed E-state index contributed by atoms with van der Waals surface area (Å²) >= 11 is 1.64. The molecule has 5 heteroatoms. The van der Waals surface area contributed by atoms with Crippen molar-refractivity contribution in [1.82, 2.24) is 5.32 Å². The van der Waals surface area contributed by atoms with Crippen LogP contribution in [0.1, 0.15) is 13.3 Å². The normalized spacial score (nSPS) is 21.3. The molecule has 1 fully saturated rings. The molecule has 98 valence electrons. The Morgan fingerprint density at radius 1 is 1.50 bits per heavy atom. The summed E-state index contributed by atoms with van der Waals surface area (Å²) in [6.45, 7) is 2.12. The van der Waals surface area contributed by atoms with E-state index in [1.165, 1.54) is 0 Å². The third-order valence-electron chi connectivity index (χ3n) is 3.08. The quantitative estimate of drug-likeness (QED) is 0.824. The lowest BCUT2D eigenvalue weighted by atomic mass is 10.3. The van der Waals surface area contributed by atoms with Crippen molar-refractivity contribution in [2.75, 3.05) is 18.7 Å². The molecule has 0 bridgehead atoms. The van der Waals surface area contributed by atoms with Crippen LogP contribution in [-0.4, -0.2) is 25.4 Å². The third kappa shape index (κ3) is 3.10. The van der Waals surface area contributed by atoms with Crippen LogP contribution in [0.4, 0.5) is 10.5 Å². The molecular formula is C13H18N2O2S. The molecule has 0 aliphatic heterocycles. The first-order valence-electron chi connectivity index (χ1n) is 5.93. The Morgan fingerprint density at radius 3 is 2.78 bits per heavy atom. The number of rotatable bonds is 4. The van der Waals surface area contributed by atoms with Crippen molar-refractivity contribution in [3.63, 3.8) is 0 Å². The molecule has 0 saturated heterocycles. The van der Waals surface area contributed by atoms with Crippen LogP contribution in [-0.2, 0) is 0 Å². The lowest BCUT2D eigenvalue weighted by Gasteiger charge is -2.12. The molecule has 0 heterocycles. The Balaban J connectivity index is 2.01. The zero-order valence-electron chi connectivity index (χ0n) is 10.8. The topological polar surface area (TPSA) is 50.4 Å². The number of methoxy groups -OCH3 is 1. The average Bonchev–Trinajstić information content (AvgIpc) is 3.05. The van der Waals surface area contributed by atoms with Crippen molar-refractivity contribution in [3.8, 4) is 5.75 Å². The van der Waals surface area contributed by atoms with E-state index in [2.05, 4.69) is 17.6 Å². The van der Waals surface area contributed by atoms with Crippen LogP contribution in [0.3, 0.4) is 0 Å². The average molecular weight is 266 g/mol. The van der Waals surface area contributed by atoms with E-state index in [1.54, 1.807) is 18.9 Å². The van der Waals surface area contributed by atoms with Gasteiger partial charge in [-0.1, -0.05) is 6.92 Å².